The Morgan fingerprint density at radius 3 is 2.54 bits per heavy atom. The molecule has 0 spiro atoms. The Kier molecular flexibility index (Phi) is 6.93. The number of carboxylic acids is 1. The van der Waals surface area contributed by atoms with Crippen LogP contribution in [0.25, 0.3) is 0 Å². The van der Waals surface area contributed by atoms with Gasteiger partial charge in [0.05, 0.1) is 22.9 Å². The summed E-state index contributed by atoms with van der Waals surface area (Å²) in [5, 5.41) is 19.9. The quantitative estimate of drug-likeness (QED) is 0.571. The number of hydrogen-bond acceptors (Lipinski definition) is 5. The molecule has 9 heteroatoms. The number of nitro groups is 1. The molecule has 1 amide bonds. The number of likely N-dealkylation sites (N-methyl/N-ethyl adjacent to an activating group) is 1. The van der Waals surface area contributed by atoms with E-state index in [2.05, 4.69) is 0 Å². The third kappa shape index (κ3) is 5.15. The lowest BCUT2D eigenvalue weighted by molar-refractivity contribution is -0.384. The molecule has 0 atom stereocenters. The molecular formula is C17H22ClN3O5. The Labute approximate surface area is 156 Å². The third-order valence-corrected chi connectivity index (χ3v) is 5.02. The van der Waals surface area contributed by atoms with Crippen LogP contribution in [0.1, 0.15) is 25.3 Å². The zero-order valence-corrected chi connectivity index (χ0v) is 15.3. The summed E-state index contributed by atoms with van der Waals surface area (Å²) in [5.41, 5.74) is 0.454. The first kappa shape index (κ1) is 20.1. The average molecular weight is 384 g/mol. The number of non-ortho nitro benzene ring substituents is 1. The van der Waals surface area contributed by atoms with Crippen molar-refractivity contribution in [3.05, 3.63) is 38.9 Å². The molecule has 2 rings (SSSR count). The first-order chi connectivity index (χ1) is 12.3. The number of carboxylic acid groups (broad SMARTS) is 1. The lowest BCUT2D eigenvalue weighted by Crippen LogP contribution is -2.48. The molecule has 26 heavy (non-hydrogen) atoms. The minimum absolute atomic E-state index is 0.00746. The van der Waals surface area contributed by atoms with Crippen LogP contribution >= 0.6 is 11.6 Å². The van der Waals surface area contributed by atoms with Crippen LogP contribution in [-0.2, 0) is 16.0 Å². The highest BCUT2D eigenvalue weighted by Crippen LogP contribution is 2.24. The number of hydrogen-bond donors (Lipinski definition) is 1. The fourth-order valence-corrected chi connectivity index (χ4v) is 3.46. The summed E-state index contributed by atoms with van der Waals surface area (Å²) in [6, 6.07) is 4.26. The number of aliphatic carboxylic acids is 1. The van der Waals surface area contributed by atoms with E-state index in [1.807, 2.05) is 11.8 Å². The number of amides is 1. The van der Waals surface area contributed by atoms with Crippen molar-refractivity contribution >= 4 is 29.2 Å². The smallest absolute Gasteiger partial charge is 0.317 e. The zero-order valence-electron chi connectivity index (χ0n) is 14.6. The van der Waals surface area contributed by atoms with E-state index in [9.17, 15) is 19.7 Å². The van der Waals surface area contributed by atoms with E-state index >= 15 is 0 Å². The number of likely N-dealkylation sites (tertiary alicyclic amines) is 1. The summed E-state index contributed by atoms with van der Waals surface area (Å²) in [6.07, 6.45) is 1.54. The fourth-order valence-electron chi connectivity index (χ4n) is 3.22. The van der Waals surface area contributed by atoms with Crippen molar-refractivity contribution in [1.29, 1.82) is 0 Å². The number of nitro benzene ring substituents is 1. The molecule has 0 aliphatic carbocycles. The Bertz CT molecular complexity index is 689. The number of nitrogens with zero attached hydrogens (tertiary/aromatic N) is 3. The maximum absolute atomic E-state index is 12.5. The fraction of sp³-hybridized carbons (Fsp3) is 0.529. The molecule has 142 valence electrons. The van der Waals surface area contributed by atoms with E-state index in [1.165, 1.54) is 18.2 Å². The van der Waals surface area contributed by atoms with Gasteiger partial charge in [-0.1, -0.05) is 24.6 Å². The van der Waals surface area contributed by atoms with Crippen LogP contribution in [-0.4, -0.2) is 63.9 Å². The van der Waals surface area contributed by atoms with Crippen molar-refractivity contribution in [2.45, 2.75) is 32.2 Å². The predicted octanol–water partition coefficient (Wildman–Crippen LogP) is 2.19. The minimum atomic E-state index is -0.849. The second-order valence-electron chi connectivity index (χ2n) is 6.28. The number of carbonyl (C=O) groups is 2. The van der Waals surface area contributed by atoms with Gasteiger partial charge in [0.15, 0.2) is 0 Å². The van der Waals surface area contributed by atoms with Gasteiger partial charge < -0.3 is 10.0 Å². The van der Waals surface area contributed by atoms with Gasteiger partial charge in [0.1, 0.15) is 0 Å². The number of piperidine rings is 1. The molecular weight excluding hydrogens is 362 g/mol. The molecule has 0 saturated carbocycles. The lowest BCUT2D eigenvalue weighted by atomic mass is 10.0. The summed E-state index contributed by atoms with van der Waals surface area (Å²) < 4.78 is 0. The molecule has 0 bridgehead atoms. The van der Waals surface area contributed by atoms with E-state index in [4.69, 9.17) is 16.7 Å². The van der Waals surface area contributed by atoms with Crippen molar-refractivity contribution in [1.82, 2.24) is 9.80 Å². The molecule has 8 nitrogen and oxygen atoms in total. The number of benzene rings is 1. The highest BCUT2D eigenvalue weighted by Gasteiger charge is 2.27. The molecule has 0 aromatic heterocycles. The van der Waals surface area contributed by atoms with Crippen molar-refractivity contribution in [2.24, 2.45) is 0 Å². The van der Waals surface area contributed by atoms with Crippen molar-refractivity contribution in [3.63, 3.8) is 0 Å². The minimum Gasteiger partial charge on any atom is -0.480 e. The highest BCUT2D eigenvalue weighted by molar-refractivity contribution is 6.31. The van der Waals surface area contributed by atoms with Gasteiger partial charge in [-0.15, -0.1) is 0 Å². The lowest BCUT2D eigenvalue weighted by Gasteiger charge is -2.37. The van der Waals surface area contributed by atoms with Gasteiger partial charge in [0, 0.05) is 31.3 Å². The molecule has 0 unspecified atom stereocenters. The average Bonchev–Trinajstić information content (AvgIpc) is 2.61. The van der Waals surface area contributed by atoms with Crippen molar-refractivity contribution in [2.75, 3.05) is 26.2 Å². The molecule has 0 radical (unpaired) electrons. The van der Waals surface area contributed by atoms with Gasteiger partial charge in [-0.2, -0.15) is 0 Å². The normalized spacial score (nSPS) is 15.3. The monoisotopic (exact) mass is 383 g/mol. The van der Waals surface area contributed by atoms with Gasteiger partial charge in [0.2, 0.25) is 5.91 Å². The van der Waals surface area contributed by atoms with E-state index in [0.29, 0.717) is 25.2 Å². The van der Waals surface area contributed by atoms with Crippen molar-refractivity contribution < 1.29 is 19.6 Å². The van der Waals surface area contributed by atoms with Crippen LogP contribution in [0.3, 0.4) is 0 Å². The SMILES string of the molecule is CCN(CC(=O)O)C1CCN(C(=O)Cc2ccc([N+](=O)[O-])cc2Cl)CC1. The molecule has 1 saturated heterocycles. The van der Waals surface area contributed by atoms with Gasteiger partial charge in [0.25, 0.3) is 5.69 Å². The van der Waals surface area contributed by atoms with Crippen LogP contribution in [0.15, 0.2) is 18.2 Å². The summed E-state index contributed by atoms with van der Waals surface area (Å²) in [4.78, 5) is 37.3. The zero-order chi connectivity index (χ0) is 19.3. The molecule has 1 heterocycles. The number of rotatable bonds is 7. The first-order valence-electron chi connectivity index (χ1n) is 8.48. The maximum atomic E-state index is 12.5. The molecule has 1 fully saturated rings. The largest absolute Gasteiger partial charge is 0.480 e. The van der Waals surface area contributed by atoms with E-state index in [-0.39, 0.29) is 35.6 Å². The Morgan fingerprint density at radius 2 is 2.04 bits per heavy atom. The number of halogens is 1. The van der Waals surface area contributed by atoms with Gasteiger partial charge in [-0.25, -0.2) is 0 Å². The highest BCUT2D eigenvalue weighted by atomic mass is 35.5. The van der Waals surface area contributed by atoms with Gasteiger partial charge in [-0.05, 0) is 24.9 Å². The van der Waals surface area contributed by atoms with E-state index in [1.54, 1.807) is 4.90 Å². The molecule has 1 aliphatic rings. The van der Waals surface area contributed by atoms with Crippen LogP contribution in [0, 0.1) is 10.1 Å². The first-order valence-corrected chi connectivity index (χ1v) is 8.86. The second kappa shape index (κ2) is 8.95. The third-order valence-electron chi connectivity index (χ3n) is 4.67. The Balaban J connectivity index is 1.92. The Hall–Kier alpha value is -2.19. The summed E-state index contributed by atoms with van der Waals surface area (Å²) in [6.45, 7) is 3.71. The van der Waals surface area contributed by atoms with Crippen LogP contribution < -0.4 is 0 Å². The number of carbonyl (C=O) groups excluding carboxylic acids is 1. The van der Waals surface area contributed by atoms with Crippen molar-refractivity contribution in [3.8, 4) is 0 Å². The van der Waals surface area contributed by atoms with E-state index in [0.717, 1.165) is 12.8 Å². The topological polar surface area (TPSA) is 104 Å². The van der Waals surface area contributed by atoms with Crippen LogP contribution in [0.2, 0.25) is 5.02 Å². The summed E-state index contributed by atoms with van der Waals surface area (Å²) in [5.74, 6) is -0.932. The summed E-state index contributed by atoms with van der Waals surface area (Å²) in [7, 11) is 0. The Morgan fingerprint density at radius 1 is 1.38 bits per heavy atom. The van der Waals surface area contributed by atoms with Gasteiger partial charge >= 0.3 is 5.97 Å². The molecule has 1 aliphatic heterocycles. The molecule has 1 N–H and O–H groups in total. The maximum Gasteiger partial charge on any atom is 0.317 e. The van der Waals surface area contributed by atoms with Crippen LogP contribution in [0.4, 0.5) is 5.69 Å². The van der Waals surface area contributed by atoms with E-state index < -0.39 is 10.9 Å². The van der Waals surface area contributed by atoms with Crippen LogP contribution in [0.5, 0.6) is 0 Å². The summed E-state index contributed by atoms with van der Waals surface area (Å²) >= 11 is 6.05. The second-order valence-corrected chi connectivity index (χ2v) is 6.69. The van der Waals surface area contributed by atoms with Gasteiger partial charge in [-0.3, -0.25) is 24.6 Å². The standard InChI is InChI=1S/C17H22ClN3O5/c1-2-19(11-17(23)24)13-5-7-20(8-6-13)16(22)9-12-3-4-14(21(25)26)10-15(12)18/h3-4,10,13H,2,5-9,11H2,1H3,(H,23,24). The molecule has 1 aromatic rings. The molecule has 1 aromatic carbocycles. The predicted molar refractivity (Wildman–Crippen MR) is 96.3 cm³/mol.